The zero-order valence-electron chi connectivity index (χ0n) is 10.2. The number of aryl methyl sites for hydroxylation is 2. The van der Waals surface area contributed by atoms with Crippen LogP contribution in [0.5, 0.6) is 0 Å². The quantitative estimate of drug-likeness (QED) is 0.899. The lowest BCUT2D eigenvalue weighted by molar-refractivity contribution is 0.0936. The van der Waals surface area contributed by atoms with Gasteiger partial charge in [-0.25, -0.2) is 0 Å². The standard InChI is InChI=1S/C14H15NO2S/c1-9-5-6-13(18-9)14(16)15-11-3-2-4-12-10(11)7-8-17-12/h5-8,11H,2-4H2,1H3,(H,15,16). The van der Waals surface area contributed by atoms with E-state index in [4.69, 9.17) is 4.42 Å². The van der Waals surface area contributed by atoms with Gasteiger partial charge < -0.3 is 9.73 Å². The van der Waals surface area contributed by atoms with Crippen molar-refractivity contribution in [3.63, 3.8) is 0 Å². The molecule has 1 unspecified atom stereocenters. The number of nitrogens with one attached hydrogen (secondary N) is 1. The Bertz CT molecular complexity index is 570. The van der Waals surface area contributed by atoms with Crippen molar-refractivity contribution < 1.29 is 9.21 Å². The lowest BCUT2D eigenvalue weighted by Gasteiger charge is -2.22. The highest BCUT2D eigenvalue weighted by molar-refractivity contribution is 7.13. The van der Waals surface area contributed by atoms with Crippen molar-refractivity contribution in [2.24, 2.45) is 0 Å². The molecule has 2 aromatic rings. The average molecular weight is 261 g/mol. The Morgan fingerprint density at radius 3 is 3.11 bits per heavy atom. The largest absolute Gasteiger partial charge is 0.469 e. The number of amides is 1. The number of furan rings is 1. The molecule has 3 nitrogen and oxygen atoms in total. The highest BCUT2D eigenvalue weighted by atomic mass is 32.1. The fourth-order valence-corrected chi connectivity index (χ4v) is 3.19. The predicted octanol–water partition coefficient (Wildman–Crippen LogP) is 3.46. The van der Waals surface area contributed by atoms with E-state index in [1.807, 2.05) is 25.1 Å². The minimum Gasteiger partial charge on any atom is -0.469 e. The number of fused-ring (bicyclic) bond motifs is 1. The third-order valence-electron chi connectivity index (χ3n) is 3.32. The van der Waals surface area contributed by atoms with Crippen molar-refractivity contribution in [2.75, 3.05) is 0 Å². The second kappa shape index (κ2) is 4.61. The van der Waals surface area contributed by atoms with E-state index < -0.39 is 0 Å². The lowest BCUT2D eigenvalue weighted by Crippen LogP contribution is -2.29. The Kier molecular flexibility index (Phi) is 2.96. The van der Waals surface area contributed by atoms with Crippen LogP contribution in [0.3, 0.4) is 0 Å². The number of thiophene rings is 1. The maximum absolute atomic E-state index is 12.1. The number of carbonyl (C=O) groups is 1. The summed E-state index contributed by atoms with van der Waals surface area (Å²) in [4.78, 5) is 14.1. The van der Waals surface area contributed by atoms with E-state index in [0.717, 1.165) is 40.3 Å². The first-order valence-electron chi connectivity index (χ1n) is 6.17. The first-order valence-corrected chi connectivity index (χ1v) is 6.99. The van der Waals surface area contributed by atoms with Crippen LogP contribution >= 0.6 is 11.3 Å². The van der Waals surface area contributed by atoms with Crippen LogP contribution in [0, 0.1) is 6.92 Å². The third kappa shape index (κ3) is 2.08. The van der Waals surface area contributed by atoms with Crippen molar-refractivity contribution in [3.8, 4) is 0 Å². The van der Waals surface area contributed by atoms with Gasteiger partial charge in [0.05, 0.1) is 17.2 Å². The number of carbonyl (C=O) groups excluding carboxylic acids is 1. The van der Waals surface area contributed by atoms with E-state index in [1.165, 1.54) is 11.3 Å². The molecular weight excluding hydrogens is 246 g/mol. The summed E-state index contributed by atoms with van der Waals surface area (Å²) in [6.07, 6.45) is 4.74. The molecule has 1 aliphatic rings. The topological polar surface area (TPSA) is 42.2 Å². The molecule has 1 aliphatic carbocycles. The summed E-state index contributed by atoms with van der Waals surface area (Å²) < 4.78 is 5.43. The van der Waals surface area contributed by atoms with Crippen molar-refractivity contribution in [3.05, 3.63) is 45.5 Å². The van der Waals surface area contributed by atoms with Gasteiger partial charge in [-0.3, -0.25) is 4.79 Å². The minimum atomic E-state index is 0.0205. The van der Waals surface area contributed by atoms with Crippen LogP contribution in [0.15, 0.2) is 28.9 Å². The first kappa shape index (κ1) is 11.5. The van der Waals surface area contributed by atoms with Gasteiger partial charge in [0.2, 0.25) is 0 Å². The molecule has 3 rings (SSSR count). The monoisotopic (exact) mass is 261 g/mol. The van der Waals surface area contributed by atoms with Crippen molar-refractivity contribution in [1.82, 2.24) is 5.32 Å². The molecule has 0 saturated carbocycles. The zero-order valence-corrected chi connectivity index (χ0v) is 11.0. The van der Waals surface area contributed by atoms with Gasteiger partial charge >= 0.3 is 0 Å². The molecule has 0 saturated heterocycles. The fourth-order valence-electron chi connectivity index (χ4n) is 2.42. The summed E-state index contributed by atoms with van der Waals surface area (Å²) in [7, 11) is 0. The van der Waals surface area contributed by atoms with Crippen molar-refractivity contribution >= 4 is 17.2 Å². The molecule has 4 heteroatoms. The first-order chi connectivity index (χ1) is 8.74. The van der Waals surface area contributed by atoms with E-state index >= 15 is 0 Å². The summed E-state index contributed by atoms with van der Waals surface area (Å²) in [6.45, 7) is 2.01. The lowest BCUT2D eigenvalue weighted by atomic mass is 9.93. The molecule has 0 aromatic carbocycles. The van der Waals surface area contributed by atoms with Crippen LogP contribution in [0.25, 0.3) is 0 Å². The molecule has 2 aromatic heterocycles. The van der Waals surface area contributed by atoms with Gasteiger partial charge in [-0.1, -0.05) is 0 Å². The highest BCUT2D eigenvalue weighted by Crippen LogP contribution is 2.30. The normalized spacial score (nSPS) is 18.4. The van der Waals surface area contributed by atoms with Crippen LogP contribution in [0.1, 0.15) is 44.8 Å². The Balaban J connectivity index is 1.77. The average Bonchev–Trinajstić information content (AvgIpc) is 2.97. The smallest absolute Gasteiger partial charge is 0.261 e. The van der Waals surface area contributed by atoms with Crippen LogP contribution in [0.4, 0.5) is 0 Å². The van der Waals surface area contributed by atoms with Gasteiger partial charge in [0.25, 0.3) is 5.91 Å². The Hall–Kier alpha value is -1.55. The van der Waals surface area contributed by atoms with Gasteiger partial charge in [-0.2, -0.15) is 0 Å². The van der Waals surface area contributed by atoms with Crippen LogP contribution in [-0.2, 0) is 6.42 Å². The molecular formula is C14H15NO2S. The van der Waals surface area contributed by atoms with Gasteiger partial charge in [0.15, 0.2) is 0 Å². The van der Waals surface area contributed by atoms with Gasteiger partial charge in [-0.15, -0.1) is 11.3 Å². The summed E-state index contributed by atoms with van der Waals surface area (Å²) in [5, 5.41) is 3.10. The van der Waals surface area contributed by atoms with E-state index in [2.05, 4.69) is 5.32 Å². The summed E-state index contributed by atoms with van der Waals surface area (Å²) in [5.41, 5.74) is 1.14. The molecule has 0 spiro atoms. The number of rotatable bonds is 2. The van der Waals surface area contributed by atoms with Gasteiger partial charge in [-0.05, 0) is 38.0 Å². The number of hydrogen-bond donors (Lipinski definition) is 1. The van der Waals surface area contributed by atoms with E-state index in [1.54, 1.807) is 6.26 Å². The molecule has 2 heterocycles. The fraction of sp³-hybridized carbons (Fsp3) is 0.357. The minimum absolute atomic E-state index is 0.0205. The Morgan fingerprint density at radius 1 is 1.44 bits per heavy atom. The Labute approximate surface area is 110 Å². The van der Waals surface area contributed by atoms with Crippen LogP contribution < -0.4 is 5.32 Å². The van der Waals surface area contributed by atoms with E-state index in [9.17, 15) is 4.79 Å². The SMILES string of the molecule is Cc1ccc(C(=O)NC2CCCc3occc32)s1. The third-order valence-corrected chi connectivity index (χ3v) is 4.32. The van der Waals surface area contributed by atoms with E-state index in [-0.39, 0.29) is 11.9 Å². The second-order valence-corrected chi connectivity index (χ2v) is 5.92. The highest BCUT2D eigenvalue weighted by Gasteiger charge is 2.24. The number of hydrogen-bond acceptors (Lipinski definition) is 3. The van der Waals surface area contributed by atoms with Crippen molar-refractivity contribution in [1.29, 1.82) is 0 Å². The maximum Gasteiger partial charge on any atom is 0.261 e. The molecule has 0 aliphatic heterocycles. The molecule has 1 amide bonds. The van der Waals surface area contributed by atoms with Gasteiger partial charge in [0, 0.05) is 16.9 Å². The summed E-state index contributed by atoms with van der Waals surface area (Å²) >= 11 is 1.53. The molecule has 0 fully saturated rings. The molecule has 1 atom stereocenters. The van der Waals surface area contributed by atoms with E-state index in [0.29, 0.717) is 0 Å². The summed E-state index contributed by atoms with van der Waals surface area (Å²) in [5.74, 6) is 1.04. The molecule has 94 valence electrons. The molecule has 18 heavy (non-hydrogen) atoms. The maximum atomic E-state index is 12.1. The van der Waals surface area contributed by atoms with Crippen LogP contribution in [-0.4, -0.2) is 5.91 Å². The summed E-state index contributed by atoms with van der Waals surface area (Å²) in [6, 6.07) is 5.93. The second-order valence-electron chi connectivity index (χ2n) is 4.63. The predicted molar refractivity (Wildman–Crippen MR) is 70.9 cm³/mol. The molecule has 0 bridgehead atoms. The molecule has 0 radical (unpaired) electrons. The van der Waals surface area contributed by atoms with Crippen molar-refractivity contribution in [2.45, 2.75) is 32.2 Å². The van der Waals surface area contributed by atoms with Crippen LogP contribution in [0.2, 0.25) is 0 Å². The molecule has 1 N–H and O–H groups in total. The Morgan fingerprint density at radius 2 is 2.33 bits per heavy atom. The van der Waals surface area contributed by atoms with Gasteiger partial charge in [0.1, 0.15) is 5.76 Å². The zero-order chi connectivity index (χ0) is 12.5.